The molecule has 0 aliphatic heterocycles. The molecule has 0 aromatic carbocycles. The summed E-state index contributed by atoms with van der Waals surface area (Å²) in [5.41, 5.74) is 0. The molecule has 0 heterocycles. The monoisotopic (exact) mass is 241 g/mol. The Kier molecular flexibility index (Phi) is 4.60. The molecule has 16 heavy (non-hydrogen) atoms. The van der Waals surface area contributed by atoms with Crippen molar-refractivity contribution in [3.63, 3.8) is 0 Å². The highest BCUT2D eigenvalue weighted by Crippen LogP contribution is 2.48. The number of hydrogen-bond donors (Lipinski definition) is 1. The van der Waals surface area contributed by atoms with E-state index in [1.54, 1.807) is 0 Å². The molecule has 5 unspecified atom stereocenters. The number of nitrogens with one attached hydrogen (secondary N) is 1. The Morgan fingerprint density at radius 1 is 1.12 bits per heavy atom. The van der Waals surface area contributed by atoms with Gasteiger partial charge in [0, 0.05) is 17.5 Å². The average molecular weight is 241 g/mol. The van der Waals surface area contributed by atoms with Gasteiger partial charge in [0.15, 0.2) is 0 Å². The SMILES string of the molecule is CNCCSC1C(C)CC2CC(C)CC1C2. The molecule has 1 N–H and O–H groups in total. The summed E-state index contributed by atoms with van der Waals surface area (Å²) in [7, 11) is 2.06. The van der Waals surface area contributed by atoms with E-state index in [4.69, 9.17) is 0 Å². The van der Waals surface area contributed by atoms with E-state index >= 15 is 0 Å². The lowest BCUT2D eigenvalue weighted by Gasteiger charge is -2.46. The quantitative estimate of drug-likeness (QED) is 0.757. The summed E-state index contributed by atoms with van der Waals surface area (Å²) >= 11 is 2.24. The summed E-state index contributed by atoms with van der Waals surface area (Å²) < 4.78 is 0. The van der Waals surface area contributed by atoms with Crippen LogP contribution in [0, 0.1) is 23.7 Å². The van der Waals surface area contributed by atoms with Crippen molar-refractivity contribution in [2.75, 3.05) is 19.3 Å². The number of thioether (sulfide) groups is 1. The number of hydrogen-bond acceptors (Lipinski definition) is 2. The summed E-state index contributed by atoms with van der Waals surface area (Å²) in [6.07, 6.45) is 6.04. The third-order valence-corrected chi connectivity index (χ3v) is 6.14. The fourth-order valence-electron chi connectivity index (χ4n) is 3.99. The third kappa shape index (κ3) is 2.95. The lowest BCUT2D eigenvalue weighted by Crippen LogP contribution is -2.39. The van der Waals surface area contributed by atoms with Crippen molar-refractivity contribution < 1.29 is 0 Å². The molecule has 0 aromatic heterocycles. The third-order valence-electron chi connectivity index (χ3n) is 4.47. The lowest BCUT2D eigenvalue weighted by molar-refractivity contribution is 0.118. The van der Waals surface area contributed by atoms with Gasteiger partial charge >= 0.3 is 0 Å². The molecule has 0 spiro atoms. The van der Waals surface area contributed by atoms with Gasteiger partial charge < -0.3 is 5.32 Å². The largest absolute Gasteiger partial charge is 0.319 e. The van der Waals surface area contributed by atoms with E-state index in [0.717, 1.165) is 28.9 Å². The van der Waals surface area contributed by atoms with Crippen molar-refractivity contribution in [1.82, 2.24) is 5.32 Å². The van der Waals surface area contributed by atoms with Gasteiger partial charge in [0.1, 0.15) is 0 Å². The molecule has 0 saturated heterocycles. The first kappa shape index (κ1) is 12.8. The first-order valence-electron chi connectivity index (χ1n) is 6.97. The Hall–Kier alpha value is 0.310. The molecule has 2 fully saturated rings. The van der Waals surface area contributed by atoms with Crippen LogP contribution in [-0.4, -0.2) is 24.6 Å². The highest BCUT2D eigenvalue weighted by molar-refractivity contribution is 7.99. The molecule has 0 amide bonds. The molecule has 5 atom stereocenters. The van der Waals surface area contributed by atoms with Gasteiger partial charge in [-0.3, -0.25) is 0 Å². The Balaban J connectivity index is 1.89. The van der Waals surface area contributed by atoms with Crippen LogP contribution in [0.15, 0.2) is 0 Å². The summed E-state index contributed by atoms with van der Waals surface area (Å²) in [5.74, 6) is 5.33. The van der Waals surface area contributed by atoms with Crippen LogP contribution in [0.4, 0.5) is 0 Å². The summed E-state index contributed by atoms with van der Waals surface area (Å²) in [4.78, 5) is 0. The molecule has 2 heteroatoms. The molecule has 2 aliphatic rings. The Labute approximate surface area is 105 Å². The molecule has 2 aliphatic carbocycles. The second-order valence-electron chi connectivity index (χ2n) is 6.09. The van der Waals surface area contributed by atoms with Crippen LogP contribution in [0.2, 0.25) is 0 Å². The fraction of sp³-hybridized carbons (Fsp3) is 1.00. The van der Waals surface area contributed by atoms with Gasteiger partial charge in [-0.25, -0.2) is 0 Å². The summed E-state index contributed by atoms with van der Waals surface area (Å²) in [6, 6.07) is 0. The van der Waals surface area contributed by atoms with Crippen molar-refractivity contribution in [2.45, 2.75) is 44.8 Å². The molecule has 2 rings (SSSR count). The highest BCUT2D eigenvalue weighted by atomic mass is 32.2. The van der Waals surface area contributed by atoms with Crippen molar-refractivity contribution in [1.29, 1.82) is 0 Å². The molecule has 2 saturated carbocycles. The normalized spacial score (nSPS) is 43.3. The van der Waals surface area contributed by atoms with E-state index in [2.05, 4.69) is 38.0 Å². The molecule has 94 valence electrons. The van der Waals surface area contributed by atoms with Gasteiger partial charge in [-0.1, -0.05) is 13.8 Å². The number of fused-ring (bicyclic) bond motifs is 2. The standard InChI is InChI=1S/C14H27NS/c1-10-6-12-8-11(2)14(13(7-10)9-12)16-5-4-15-3/h10-15H,4-9H2,1-3H3. The topological polar surface area (TPSA) is 12.0 Å². The highest BCUT2D eigenvalue weighted by Gasteiger charge is 2.39. The maximum atomic E-state index is 3.27. The van der Waals surface area contributed by atoms with Crippen LogP contribution in [-0.2, 0) is 0 Å². The van der Waals surface area contributed by atoms with Gasteiger partial charge in [0.2, 0.25) is 0 Å². The van der Waals surface area contributed by atoms with Crippen LogP contribution < -0.4 is 5.32 Å². The maximum Gasteiger partial charge on any atom is 0.0102 e. The van der Waals surface area contributed by atoms with Gasteiger partial charge in [0.25, 0.3) is 0 Å². The van der Waals surface area contributed by atoms with Crippen LogP contribution in [0.1, 0.15) is 39.5 Å². The van der Waals surface area contributed by atoms with Crippen molar-refractivity contribution in [2.24, 2.45) is 23.7 Å². The molecule has 2 bridgehead atoms. The summed E-state index contributed by atoms with van der Waals surface area (Å²) in [5, 5.41) is 4.22. The Morgan fingerprint density at radius 3 is 2.69 bits per heavy atom. The molecule has 0 aromatic rings. The maximum absolute atomic E-state index is 3.27. The molecular formula is C14H27NS. The van der Waals surface area contributed by atoms with E-state index in [1.807, 2.05) is 0 Å². The smallest absolute Gasteiger partial charge is 0.0102 e. The van der Waals surface area contributed by atoms with Crippen molar-refractivity contribution >= 4 is 11.8 Å². The summed E-state index contributed by atoms with van der Waals surface area (Å²) in [6.45, 7) is 6.12. The zero-order valence-corrected chi connectivity index (χ0v) is 11.9. The van der Waals surface area contributed by atoms with Gasteiger partial charge in [0.05, 0.1) is 0 Å². The van der Waals surface area contributed by atoms with E-state index in [9.17, 15) is 0 Å². The second kappa shape index (κ2) is 5.77. The molecule has 0 radical (unpaired) electrons. The van der Waals surface area contributed by atoms with Gasteiger partial charge in [-0.2, -0.15) is 11.8 Å². The minimum absolute atomic E-state index is 0.951. The number of rotatable bonds is 4. The van der Waals surface area contributed by atoms with E-state index in [-0.39, 0.29) is 0 Å². The minimum Gasteiger partial charge on any atom is -0.319 e. The predicted octanol–water partition coefficient (Wildman–Crippen LogP) is 3.40. The first-order valence-corrected chi connectivity index (χ1v) is 8.01. The van der Waals surface area contributed by atoms with Crippen molar-refractivity contribution in [3.05, 3.63) is 0 Å². The second-order valence-corrected chi connectivity index (χ2v) is 7.38. The fourth-order valence-corrected chi connectivity index (χ4v) is 5.51. The van der Waals surface area contributed by atoms with Crippen LogP contribution in [0.5, 0.6) is 0 Å². The molecule has 1 nitrogen and oxygen atoms in total. The van der Waals surface area contributed by atoms with E-state index < -0.39 is 0 Å². The zero-order chi connectivity index (χ0) is 11.5. The van der Waals surface area contributed by atoms with Crippen LogP contribution in [0.3, 0.4) is 0 Å². The molecular weight excluding hydrogens is 214 g/mol. The van der Waals surface area contributed by atoms with E-state index in [0.29, 0.717) is 0 Å². The lowest BCUT2D eigenvalue weighted by atomic mass is 9.65. The van der Waals surface area contributed by atoms with Gasteiger partial charge in [-0.05, 0) is 56.4 Å². The minimum atomic E-state index is 0.951. The van der Waals surface area contributed by atoms with Gasteiger partial charge in [-0.15, -0.1) is 0 Å². The van der Waals surface area contributed by atoms with E-state index in [1.165, 1.54) is 38.0 Å². The predicted molar refractivity (Wildman–Crippen MR) is 73.9 cm³/mol. The zero-order valence-electron chi connectivity index (χ0n) is 11.0. The Morgan fingerprint density at radius 2 is 1.94 bits per heavy atom. The first-order chi connectivity index (χ1) is 7.70. The Bertz CT molecular complexity index is 215. The van der Waals surface area contributed by atoms with Crippen molar-refractivity contribution in [3.8, 4) is 0 Å². The van der Waals surface area contributed by atoms with Crippen LogP contribution >= 0.6 is 11.8 Å². The van der Waals surface area contributed by atoms with Crippen LogP contribution in [0.25, 0.3) is 0 Å². The average Bonchev–Trinajstić information content (AvgIpc) is 2.21.